The first kappa shape index (κ1) is 18.9. The van der Waals surface area contributed by atoms with E-state index in [9.17, 15) is 19.7 Å². The van der Waals surface area contributed by atoms with Crippen LogP contribution in [0.5, 0.6) is 0 Å². The number of rotatable bonds is 5. The number of nitrogen functional groups attached to an aromatic ring is 1. The van der Waals surface area contributed by atoms with Gasteiger partial charge in [0.05, 0.1) is 10.5 Å². The maximum absolute atomic E-state index is 12.3. The van der Waals surface area contributed by atoms with Crippen molar-refractivity contribution in [2.75, 3.05) is 11.1 Å². The van der Waals surface area contributed by atoms with Crippen molar-refractivity contribution in [3.63, 3.8) is 0 Å². The number of nitrogens with two attached hydrogens (primary N) is 1. The van der Waals surface area contributed by atoms with Crippen molar-refractivity contribution in [1.82, 2.24) is 0 Å². The van der Waals surface area contributed by atoms with Crippen LogP contribution in [0, 0.1) is 24.0 Å². The number of non-ortho nitro benzene ring substituents is 1. The standard InChI is InChI=1S/C18H19N3O5/c1-10-4-5-11(2)16(8-10)20-17(22)12(3)26-18(23)14-9-13(21(24)25)6-7-15(14)19/h4-9,12H,19H2,1-3H3,(H,20,22). The molecule has 0 saturated heterocycles. The lowest BCUT2D eigenvalue weighted by molar-refractivity contribution is -0.384. The van der Waals surface area contributed by atoms with Gasteiger partial charge < -0.3 is 15.8 Å². The van der Waals surface area contributed by atoms with Crippen LogP contribution in [0.1, 0.15) is 28.4 Å². The Kier molecular flexibility index (Phi) is 5.56. The monoisotopic (exact) mass is 357 g/mol. The molecule has 26 heavy (non-hydrogen) atoms. The Morgan fingerprint density at radius 2 is 1.88 bits per heavy atom. The van der Waals surface area contributed by atoms with E-state index in [1.54, 1.807) is 6.07 Å². The summed E-state index contributed by atoms with van der Waals surface area (Å²) in [7, 11) is 0. The first-order valence-corrected chi connectivity index (χ1v) is 7.82. The predicted molar refractivity (Wildman–Crippen MR) is 96.9 cm³/mol. The molecule has 0 saturated carbocycles. The quantitative estimate of drug-likeness (QED) is 0.367. The second-order valence-corrected chi connectivity index (χ2v) is 5.88. The van der Waals surface area contributed by atoms with Crippen LogP contribution in [0.2, 0.25) is 0 Å². The molecule has 1 amide bonds. The van der Waals surface area contributed by atoms with Gasteiger partial charge in [0.2, 0.25) is 0 Å². The fourth-order valence-electron chi connectivity index (χ4n) is 2.22. The van der Waals surface area contributed by atoms with E-state index in [0.29, 0.717) is 5.69 Å². The van der Waals surface area contributed by atoms with Gasteiger partial charge in [0.15, 0.2) is 6.10 Å². The molecular weight excluding hydrogens is 338 g/mol. The van der Waals surface area contributed by atoms with Crippen molar-refractivity contribution in [2.24, 2.45) is 0 Å². The molecular formula is C18H19N3O5. The molecule has 1 unspecified atom stereocenters. The topological polar surface area (TPSA) is 125 Å². The number of carbonyl (C=O) groups excluding carboxylic acids is 2. The Morgan fingerprint density at radius 3 is 2.54 bits per heavy atom. The smallest absolute Gasteiger partial charge is 0.341 e. The van der Waals surface area contributed by atoms with E-state index in [4.69, 9.17) is 10.5 Å². The average Bonchev–Trinajstić information content (AvgIpc) is 2.58. The van der Waals surface area contributed by atoms with Gasteiger partial charge in [-0.3, -0.25) is 14.9 Å². The van der Waals surface area contributed by atoms with E-state index in [1.807, 2.05) is 26.0 Å². The summed E-state index contributed by atoms with van der Waals surface area (Å²) >= 11 is 0. The minimum absolute atomic E-state index is 0.0303. The van der Waals surface area contributed by atoms with E-state index in [-0.39, 0.29) is 16.9 Å². The highest BCUT2D eigenvalue weighted by Gasteiger charge is 2.22. The SMILES string of the molecule is Cc1ccc(C)c(NC(=O)C(C)OC(=O)c2cc([N+](=O)[O-])ccc2N)c1. The predicted octanol–water partition coefficient (Wildman–Crippen LogP) is 2.98. The van der Waals surface area contributed by atoms with E-state index >= 15 is 0 Å². The van der Waals surface area contributed by atoms with Gasteiger partial charge in [0.1, 0.15) is 0 Å². The van der Waals surface area contributed by atoms with Gasteiger partial charge >= 0.3 is 5.97 Å². The third-order valence-electron chi connectivity index (χ3n) is 3.77. The molecule has 0 radical (unpaired) electrons. The first-order valence-electron chi connectivity index (χ1n) is 7.82. The normalized spacial score (nSPS) is 11.5. The zero-order chi connectivity index (χ0) is 19.4. The molecule has 8 heteroatoms. The maximum Gasteiger partial charge on any atom is 0.341 e. The number of carbonyl (C=O) groups is 2. The fraction of sp³-hybridized carbons (Fsp3) is 0.222. The molecule has 136 valence electrons. The summed E-state index contributed by atoms with van der Waals surface area (Å²) in [6.45, 7) is 5.14. The Bertz CT molecular complexity index is 879. The average molecular weight is 357 g/mol. The van der Waals surface area contributed by atoms with Crippen LogP contribution in [0.15, 0.2) is 36.4 Å². The third kappa shape index (κ3) is 4.35. The van der Waals surface area contributed by atoms with Gasteiger partial charge in [-0.2, -0.15) is 0 Å². The van der Waals surface area contributed by atoms with Crippen LogP contribution in [-0.4, -0.2) is 22.9 Å². The number of hydrogen-bond acceptors (Lipinski definition) is 6. The molecule has 0 fully saturated rings. The van der Waals surface area contributed by atoms with E-state index < -0.39 is 22.9 Å². The minimum Gasteiger partial charge on any atom is -0.449 e. The molecule has 0 bridgehead atoms. The van der Waals surface area contributed by atoms with Crippen molar-refractivity contribution < 1.29 is 19.2 Å². The number of nitro groups is 1. The summed E-state index contributed by atoms with van der Waals surface area (Å²) < 4.78 is 5.10. The van der Waals surface area contributed by atoms with Crippen molar-refractivity contribution in [3.8, 4) is 0 Å². The van der Waals surface area contributed by atoms with Crippen molar-refractivity contribution >= 4 is 28.9 Å². The molecule has 1 atom stereocenters. The number of nitrogens with zero attached hydrogens (tertiary/aromatic N) is 1. The number of esters is 1. The summed E-state index contributed by atoms with van der Waals surface area (Å²) in [5.74, 6) is -1.43. The Morgan fingerprint density at radius 1 is 1.19 bits per heavy atom. The fourth-order valence-corrected chi connectivity index (χ4v) is 2.22. The molecule has 3 N–H and O–H groups in total. The number of nitrogens with one attached hydrogen (secondary N) is 1. The van der Waals surface area contributed by atoms with Crippen LogP contribution in [0.25, 0.3) is 0 Å². The number of nitro benzene ring substituents is 1. The summed E-state index contributed by atoms with van der Waals surface area (Å²) in [5.41, 5.74) is 7.71. The van der Waals surface area contributed by atoms with Gasteiger partial charge in [-0.25, -0.2) is 4.79 Å². The highest BCUT2D eigenvalue weighted by atomic mass is 16.6. The molecule has 0 aliphatic rings. The lowest BCUT2D eigenvalue weighted by atomic mass is 10.1. The zero-order valence-corrected chi connectivity index (χ0v) is 14.6. The van der Waals surface area contributed by atoms with Crippen LogP contribution in [0.3, 0.4) is 0 Å². The Balaban J connectivity index is 2.11. The number of hydrogen-bond donors (Lipinski definition) is 2. The highest BCUT2D eigenvalue weighted by molar-refractivity contribution is 6.00. The molecule has 0 aliphatic heterocycles. The van der Waals surface area contributed by atoms with Crippen LogP contribution in [0.4, 0.5) is 17.1 Å². The number of anilines is 2. The van der Waals surface area contributed by atoms with E-state index in [1.165, 1.54) is 19.1 Å². The molecule has 8 nitrogen and oxygen atoms in total. The second kappa shape index (κ2) is 7.64. The molecule has 0 aliphatic carbocycles. The summed E-state index contributed by atoms with van der Waals surface area (Å²) in [5, 5.41) is 13.5. The third-order valence-corrected chi connectivity index (χ3v) is 3.77. The lowest BCUT2D eigenvalue weighted by Crippen LogP contribution is -2.30. The van der Waals surface area contributed by atoms with Crippen LogP contribution in [-0.2, 0) is 9.53 Å². The van der Waals surface area contributed by atoms with Crippen molar-refractivity contribution in [2.45, 2.75) is 26.9 Å². The largest absolute Gasteiger partial charge is 0.449 e. The Hall–Kier alpha value is -3.42. The van der Waals surface area contributed by atoms with Gasteiger partial charge in [-0.05, 0) is 44.0 Å². The van der Waals surface area contributed by atoms with E-state index in [2.05, 4.69) is 5.32 Å². The Labute approximate surface area is 150 Å². The van der Waals surface area contributed by atoms with Crippen molar-refractivity contribution in [3.05, 3.63) is 63.2 Å². The number of ether oxygens (including phenoxy) is 1. The molecule has 0 aromatic heterocycles. The van der Waals surface area contributed by atoms with Gasteiger partial charge in [0.25, 0.3) is 11.6 Å². The summed E-state index contributed by atoms with van der Waals surface area (Å²) in [6.07, 6.45) is -1.11. The number of aryl methyl sites for hydroxylation is 2. The number of benzene rings is 2. The van der Waals surface area contributed by atoms with Gasteiger partial charge in [-0.1, -0.05) is 12.1 Å². The zero-order valence-electron chi connectivity index (χ0n) is 14.6. The molecule has 2 rings (SSSR count). The molecule has 2 aromatic carbocycles. The molecule has 0 spiro atoms. The lowest BCUT2D eigenvalue weighted by Gasteiger charge is -2.15. The molecule has 0 heterocycles. The molecule has 2 aromatic rings. The summed E-state index contributed by atoms with van der Waals surface area (Å²) in [4.78, 5) is 34.7. The maximum atomic E-state index is 12.3. The van der Waals surface area contributed by atoms with Crippen molar-refractivity contribution in [1.29, 1.82) is 0 Å². The summed E-state index contributed by atoms with van der Waals surface area (Å²) in [6, 6.07) is 9.04. The van der Waals surface area contributed by atoms with Crippen LogP contribution < -0.4 is 11.1 Å². The first-order chi connectivity index (χ1) is 12.2. The van der Waals surface area contributed by atoms with Gasteiger partial charge in [0, 0.05) is 23.5 Å². The van der Waals surface area contributed by atoms with Crippen LogP contribution >= 0.6 is 0 Å². The highest BCUT2D eigenvalue weighted by Crippen LogP contribution is 2.21. The van der Waals surface area contributed by atoms with Gasteiger partial charge in [-0.15, -0.1) is 0 Å². The number of amides is 1. The minimum atomic E-state index is -1.11. The van der Waals surface area contributed by atoms with E-state index in [0.717, 1.165) is 17.2 Å². The second-order valence-electron chi connectivity index (χ2n) is 5.88.